The predicted molar refractivity (Wildman–Crippen MR) is 107 cm³/mol. The molecular weight excluding hydrogens is 391 g/mol. The highest BCUT2D eigenvalue weighted by Gasteiger charge is 2.27. The maximum Gasteiger partial charge on any atom is 0.233 e. The third-order valence-electron chi connectivity index (χ3n) is 4.01. The molecule has 0 bridgehead atoms. The van der Waals surface area contributed by atoms with Crippen molar-refractivity contribution in [1.82, 2.24) is 20.1 Å². The second kappa shape index (κ2) is 8.19. The number of benzene rings is 1. The van der Waals surface area contributed by atoms with Crippen molar-refractivity contribution < 1.29 is 4.79 Å². The van der Waals surface area contributed by atoms with Crippen LogP contribution in [0.4, 0.5) is 0 Å². The van der Waals surface area contributed by atoms with Crippen molar-refractivity contribution in [2.75, 3.05) is 0 Å². The highest BCUT2D eigenvalue weighted by molar-refractivity contribution is 8.00. The SMILES string of the molecule is CC(C)Cn1c(S[C@H](C)C(=O)NC2CC2)nnc1-c1ccc(Cl)cc1Cl. The minimum Gasteiger partial charge on any atom is -0.352 e. The van der Waals surface area contributed by atoms with Gasteiger partial charge in [-0.2, -0.15) is 0 Å². The number of thioether (sulfide) groups is 1. The quantitative estimate of drug-likeness (QED) is 0.671. The van der Waals surface area contributed by atoms with Crippen LogP contribution >= 0.6 is 35.0 Å². The largest absolute Gasteiger partial charge is 0.352 e. The molecular formula is C18H22Cl2N4OS. The van der Waals surface area contributed by atoms with Crippen LogP contribution in [0.25, 0.3) is 11.4 Å². The summed E-state index contributed by atoms with van der Waals surface area (Å²) in [6.45, 7) is 6.89. The highest BCUT2D eigenvalue weighted by atomic mass is 35.5. The fourth-order valence-electron chi connectivity index (χ4n) is 2.53. The molecule has 1 aromatic carbocycles. The third kappa shape index (κ3) is 4.72. The number of halogens is 2. The van der Waals surface area contributed by atoms with Crippen LogP contribution in [0.1, 0.15) is 33.6 Å². The number of aromatic nitrogens is 3. The van der Waals surface area contributed by atoms with Gasteiger partial charge < -0.3 is 9.88 Å². The Kier molecular flexibility index (Phi) is 6.15. The first-order chi connectivity index (χ1) is 12.3. The molecule has 8 heteroatoms. The standard InChI is InChI=1S/C18H22Cl2N4OS/c1-10(2)9-24-16(14-7-4-12(19)8-15(14)20)22-23-18(24)26-11(3)17(25)21-13-5-6-13/h4,7-8,10-11,13H,5-6,9H2,1-3H3,(H,21,25)/t11-/m1/s1. The second-order valence-electron chi connectivity index (χ2n) is 6.98. The zero-order valence-electron chi connectivity index (χ0n) is 15.0. The zero-order valence-corrected chi connectivity index (χ0v) is 17.3. The molecule has 1 atom stereocenters. The molecule has 1 N–H and O–H groups in total. The van der Waals surface area contributed by atoms with E-state index in [9.17, 15) is 4.79 Å². The number of amides is 1. The van der Waals surface area contributed by atoms with E-state index < -0.39 is 0 Å². The molecule has 1 heterocycles. The summed E-state index contributed by atoms with van der Waals surface area (Å²) in [6, 6.07) is 5.69. The Morgan fingerprint density at radius 2 is 2.04 bits per heavy atom. The molecule has 0 unspecified atom stereocenters. The first kappa shape index (κ1) is 19.5. The molecule has 1 aliphatic rings. The van der Waals surface area contributed by atoms with Gasteiger partial charge in [0.05, 0.1) is 10.3 Å². The van der Waals surface area contributed by atoms with E-state index in [0.717, 1.165) is 30.1 Å². The van der Waals surface area contributed by atoms with E-state index in [2.05, 4.69) is 29.4 Å². The van der Waals surface area contributed by atoms with E-state index in [1.807, 2.05) is 17.6 Å². The Bertz CT molecular complexity index is 804. The van der Waals surface area contributed by atoms with Crippen molar-refractivity contribution in [3.05, 3.63) is 28.2 Å². The predicted octanol–water partition coefficient (Wildman–Crippen LogP) is 4.67. The van der Waals surface area contributed by atoms with Gasteiger partial charge in [0.15, 0.2) is 11.0 Å². The van der Waals surface area contributed by atoms with Gasteiger partial charge in [0.1, 0.15) is 0 Å². The fourth-order valence-corrected chi connectivity index (χ4v) is 3.89. The summed E-state index contributed by atoms with van der Waals surface area (Å²) in [5.41, 5.74) is 0.783. The van der Waals surface area contributed by atoms with E-state index in [1.54, 1.807) is 12.1 Å². The summed E-state index contributed by atoms with van der Waals surface area (Å²) in [5, 5.41) is 13.3. The summed E-state index contributed by atoms with van der Waals surface area (Å²) in [4.78, 5) is 12.3. The first-order valence-electron chi connectivity index (χ1n) is 8.70. The van der Waals surface area contributed by atoms with Crippen molar-refractivity contribution in [2.45, 2.75) is 56.6 Å². The molecule has 0 spiro atoms. The fraction of sp³-hybridized carbons (Fsp3) is 0.500. The van der Waals surface area contributed by atoms with Crippen molar-refractivity contribution in [3.63, 3.8) is 0 Å². The molecule has 1 amide bonds. The van der Waals surface area contributed by atoms with Gasteiger partial charge in [-0.3, -0.25) is 4.79 Å². The van der Waals surface area contributed by atoms with Crippen molar-refractivity contribution in [2.24, 2.45) is 5.92 Å². The molecule has 0 aliphatic heterocycles. The summed E-state index contributed by atoms with van der Waals surface area (Å²) >= 11 is 13.8. The molecule has 140 valence electrons. The lowest BCUT2D eigenvalue weighted by Crippen LogP contribution is -2.32. The lowest BCUT2D eigenvalue weighted by molar-refractivity contribution is -0.120. The summed E-state index contributed by atoms with van der Waals surface area (Å²) in [7, 11) is 0. The first-order valence-corrected chi connectivity index (χ1v) is 10.3. The van der Waals surface area contributed by atoms with Crippen LogP contribution in [0.2, 0.25) is 10.0 Å². The Labute approximate surface area is 167 Å². The Morgan fingerprint density at radius 1 is 1.31 bits per heavy atom. The molecule has 5 nitrogen and oxygen atoms in total. The summed E-state index contributed by atoms with van der Waals surface area (Å²) < 4.78 is 2.03. The van der Waals surface area contributed by atoms with Crippen LogP contribution in [0, 0.1) is 5.92 Å². The average molecular weight is 413 g/mol. The maximum atomic E-state index is 12.3. The van der Waals surface area contributed by atoms with Crippen molar-refractivity contribution in [1.29, 1.82) is 0 Å². The monoisotopic (exact) mass is 412 g/mol. The van der Waals surface area contributed by atoms with Crippen molar-refractivity contribution in [3.8, 4) is 11.4 Å². The van der Waals surface area contributed by atoms with E-state index >= 15 is 0 Å². The molecule has 0 saturated heterocycles. The van der Waals surface area contributed by atoms with Gasteiger partial charge >= 0.3 is 0 Å². The number of carbonyl (C=O) groups is 1. The van der Waals surface area contributed by atoms with Crippen LogP contribution in [-0.2, 0) is 11.3 Å². The van der Waals surface area contributed by atoms with Gasteiger partial charge in [0.2, 0.25) is 5.91 Å². The molecule has 1 aromatic heterocycles. The number of nitrogens with one attached hydrogen (secondary N) is 1. The van der Waals surface area contributed by atoms with Gasteiger partial charge in [-0.15, -0.1) is 10.2 Å². The van der Waals surface area contributed by atoms with E-state index in [0.29, 0.717) is 27.8 Å². The molecule has 1 aliphatic carbocycles. The van der Waals surface area contributed by atoms with Gasteiger partial charge in [-0.05, 0) is 43.9 Å². The smallest absolute Gasteiger partial charge is 0.233 e. The van der Waals surface area contributed by atoms with Crippen molar-refractivity contribution >= 4 is 40.9 Å². The molecule has 1 fully saturated rings. The third-order valence-corrected chi connectivity index (χ3v) is 5.64. The summed E-state index contributed by atoms with van der Waals surface area (Å²) in [6.07, 6.45) is 2.15. The van der Waals surface area contributed by atoms with Crippen LogP contribution in [-0.4, -0.2) is 32.0 Å². The average Bonchev–Trinajstić information content (AvgIpc) is 3.30. The van der Waals surface area contributed by atoms with Gasteiger partial charge in [-0.25, -0.2) is 0 Å². The molecule has 26 heavy (non-hydrogen) atoms. The lowest BCUT2D eigenvalue weighted by atomic mass is 10.2. The lowest BCUT2D eigenvalue weighted by Gasteiger charge is -2.15. The molecule has 0 radical (unpaired) electrons. The van der Waals surface area contributed by atoms with E-state index in [4.69, 9.17) is 23.2 Å². The van der Waals surface area contributed by atoms with E-state index in [-0.39, 0.29) is 11.2 Å². The molecule has 2 aromatic rings. The maximum absolute atomic E-state index is 12.3. The number of nitrogens with zero attached hydrogens (tertiary/aromatic N) is 3. The van der Waals surface area contributed by atoms with Crippen LogP contribution in [0.3, 0.4) is 0 Å². The normalized spacial score (nSPS) is 15.3. The van der Waals surface area contributed by atoms with Crippen LogP contribution in [0.15, 0.2) is 23.4 Å². The zero-order chi connectivity index (χ0) is 18.8. The van der Waals surface area contributed by atoms with Gasteiger partial charge in [0.25, 0.3) is 0 Å². The number of rotatable bonds is 7. The summed E-state index contributed by atoms with van der Waals surface area (Å²) in [5.74, 6) is 1.13. The highest BCUT2D eigenvalue weighted by Crippen LogP contribution is 2.33. The minimum atomic E-state index is -0.237. The number of hydrogen-bond acceptors (Lipinski definition) is 4. The Morgan fingerprint density at radius 3 is 2.65 bits per heavy atom. The Balaban J connectivity index is 1.87. The van der Waals surface area contributed by atoms with Crippen LogP contribution in [0.5, 0.6) is 0 Å². The molecule has 1 saturated carbocycles. The van der Waals surface area contributed by atoms with Gasteiger partial charge in [0, 0.05) is 23.2 Å². The number of carbonyl (C=O) groups excluding carboxylic acids is 1. The van der Waals surface area contributed by atoms with E-state index in [1.165, 1.54) is 11.8 Å². The Hall–Kier alpha value is -1.24. The second-order valence-corrected chi connectivity index (χ2v) is 9.13. The molecule has 3 rings (SSSR count). The van der Waals surface area contributed by atoms with Crippen LogP contribution < -0.4 is 5.32 Å². The topological polar surface area (TPSA) is 59.8 Å². The van der Waals surface area contributed by atoms with Gasteiger partial charge in [-0.1, -0.05) is 48.8 Å². The number of hydrogen-bond donors (Lipinski definition) is 1. The minimum absolute atomic E-state index is 0.0441.